The van der Waals surface area contributed by atoms with Crippen LogP contribution in [0.5, 0.6) is 0 Å². The summed E-state index contributed by atoms with van der Waals surface area (Å²) in [4.78, 5) is 11.8. The summed E-state index contributed by atoms with van der Waals surface area (Å²) in [5.41, 5.74) is -0.693. The van der Waals surface area contributed by atoms with Crippen molar-refractivity contribution >= 4 is 17.7 Å². The summed E-state index contributed by atoms with van der Waals surface area (Å²) < 4.78 is 5.31. The number of aliphatic carboxylic acids is 1. The minimum atomic E-state index is -0.693. The van der Waals surface area contributed by atoms with Gasteiger partial charge in [-0.3, -0.25) is 4.79 Å². The maximum atomic E-state index is 11.8. The number of carbonyl (C=O) groups is 1. The van der Waals surface area contributed by atoms with Gasteiger partial charge in [0.05, 0.1) is 12.0 Å². The van der Waals surface area contributed by atoms with Gasteiger partial charge in [0.2, 0.25) is 0 Å². The van der Waals surface area contributed by atoms with Gasteiger partial charge in [-0.05, 0) is 56.0 Å². The number of thioether (sulfide) groups is 1. The zero-order valence-electron chi connectivity index (χ0n) is 12.6. The van der Waals surface area contributed by atoms with Crippen molar-refractivity contribution in [3.8, 4) is 0 Å². The third-order valence-electron chi connectivity index (χ3n) is 4.33. The van der Waals surface area contributed by atoms with Crippen molar-refractivity contribution in [2.24, 2.45) is 5.92 Å². The van der Waals surface area contributed by atoms with Crippen molar-refractivity contribution in [3.05, 3.63) is 24.2 Å². The summed E-state index contributed by atoms with van der Waals surface area (Å²) >= 11 is 1.82. The Labute approximate surface area is 130 Å². The highest BCUT2D eigenvalue weighted by Crippen LogP contribution is 2.39. The van der Waals surface area contributed by atoms with E-state index in [4.69, 9.17) is 4.42 Å². The first kappa shape index (κ1) is 16.4. The van der Waals surface area contributed by atoms with Crippen LogP contribution in [0.1, 0.15) is 44.8 Å². The summed E-state index contributed by atoms with van der Waals surface area (Å²) in [5, 5.41) is 13.0. The molecule has 5 heteroatoms. The second-order valence-corrected chi connectivity index (χ2v) is 6.82. The molecule has 0 radical (unpaired) electrons. The zero-order chi connectivity index (χ0) is 15.1. The van der Waals surface area contributed by atoms with Crippen molar-refractivity contribution in [3.63, 3.8) is 0 Å². The first-order valence-electron chi connectivity index (χ1n) is 7.77. The number of furan rings is 1. The minimum Gasteiger partial charge on any atom is -0.480 e. The molecule has 0 amide bonds. The molecule has 4 nitrogen and oxygen atoms in total. The summed E-state index contributed by atoms with van der Waals surface area (Å²) in [6.07, 6.45) is 6.40. The molecule has 21 heavy (non-hydrogen) atoms. The molecule has 1 fully saturated rings. The van der Waals surface area contributed by atoms with E-state index < -0.39 is 11.5 Å². The lowest BCUT2D eigenvalue weighted by atomic mass is 9.85. The molecule has 2 rings (SSSR count). The van der Waals surface area contributed by atoms with Gasteiger partial charge in [0.1, 0.15) is 11.3 Å². The lowest BCUT2D eigenvalue weighted by Gasteiger charge is -2.32. The van der Waals surface area contributed by atoms with Gasteiger partial charge in [0, 0.05) is 0 Å². The maximum Gasteiger partial charge on any atom is 0.324 e. The smallest absolute Gasteiger partial charge is 0.324 e. The van der Waals surface area contributed by atoms with Crippen LogP contribution < -0.4 is 5.32 Å². The maximum absolute atomic E-state index is 11.8. The molecule has 1 aliphatic rings. The summed E-state index contributed by atoms with van der Waals surface area (Å²) in [5.74, 6) is 2.40. The molecule has 2 unspecified atom stereocenters. The standard InChI is InChI=1S/C16H25NO3S/c1-2-9-17-16(15(18)19)8-3-5-13(16)7-11-21-12-14-6-4-10-20-14/h4,6,10,13,17H,2-3,5,7-9,11-12H2,1H3,(H,18,19). The van der Waals surface area contributed by atoms with Gasteiger partial charge in [-0.15, -0.1) is 0 Å². The third-order valence-corrected chi connectivity index (χ3v) is 5.34. The average molecular weight is 311 g/mol. The number of nitrogens with one attached hydrogen (secondary N) is 1. The van der Waals surface area contributed by atoms with Gasteiger partial charge < -0.3 is 14.8 Å². The molecular weight excluding hydrogens is 286 g/mol. The topological polar surface area (TPSA) is 62.5 Å². The van der Waals surface area contributed by atoms with E-state index in [0.29, 0.717) is 0 Å². The van der Waals surface area contributed by atoms with E-state index in [0.717, 1.165) is 55.9 Å². The van der Waals surface area contributed by atoms with Crippen molar-refractivity contribution in [1.29, 1.82) is 0 Å². The van der Waals surface area contributed by atoms with Crippen molar-refractivity contribution in [2.45, 2.75) is 50.3 Å². The molecule has 2 N–H and O–H groups in total. The van der Waals surface area contributed by atoms with Crippen LogP contribution in [0.2, 0.25) is 0 Å². The number of rotatable bonds is 9. The molecule has 118 valence electrons. The monoisotopic (exact) mass is 311 g/mol. The first-order chi connectivity index (χ1) is 10.2. The molecule has 0 aromatic carbocycles. The second kappa shape index (κ2) is 7.90. The van der Waals surface area contributed by atoms with E-state index in [1.165, 1.54) is 0 Å². The molecule has 2 atom stereocenters. The summed E-state index contributed by atoms with van der Waals surface area (Å²) in [7, 11) is 0. The highest BCUT2D eigenvalue weighted by atomic mass is 32.2. The lowest BCUT2D eigenvalue weighted by Crippen LogP contribution is -2.55. The fourth-order valence-electron chi connectivity index (χ4n) is 3.20. The second-order valence-electron chi connectivity index (χ2n) is 5.71. The van der Waals surface area contributed by atoms with Crippen molar-refractivity contribution in [1.82, 2.24) is 5.32 Å². The van der Waals surface area contributed by atoms with Crippen LogP contribution in [0.4, 0.5) is 0 Å². The van der Waals surface area contributed by atoms with Crippen molar-refractivity contribution in [2.75, 3.05) is 12.3 Å². The Morgan fingerprint density at radius 1 is 1.62 bits per heavy atom. The van der Waals surface area contributed by atoms with Crippen LogP contribution in [0.15, 0.2) is 22.8 Å². The van der Waals surface area contributed by atoms with Crippen LogP contribution in [-0.4, -0.2) is 28.9 Å². The molecule has 0 saturated heterocycles. The van der Waals surface area contributed by atoms with E-state index in [9.17, 15) is 9.90 Å². The van der Waals surface area contributed by atoms with E-state index in [2.05, 4.69) is 12.2 Å². The van der Waals surface area contributed by atoms with Crippen LogP contribution in [-0.2, 0) is 10.5 Å². The highest BCUT2D eigenvalue weighted by molar-refractivity contribution is 7.98. The molecule has 1 aromatic rings. The zero-order valence-corrected chi connectivity index (χ0v) is 13.5. The Balaban J connectivity index is 1.83. The third kappa shape index (κ3) is 4.04. The molecule has 0 spiro atoms. The predicted octanol–water partition coefficient (Wildman–Crippen LogP) is 3.53. The van der Waals surface area contributed by atoms with Gasteiger partial charge in [-0.1, -0.05) is 13.3 Å². The SMILES string of the molecule is CCCNC1(C(=O)O)CCCC1CCSCc1ccco1. The average Bonchev–Trinajstić information content (AvgIpc) is 3.11. The molecular formula is C16H25NO3S. The Kier molecular flexibility index (Phi) is 6.18. The van der Waals surface area contributed by atoms with E-state index in [1.54, 1.807) is 6.26 Å². The van der Waals surface area contributed by atoms with E-state index in [-0.39, 0.29) is 5.92 Å². The van der Waals surface area contributed by atoms with Gasteiger partial charge >= 0.3 is 5.97 Å². The molecule has 1 heterocycles. The van der Waals surface area contributed by atoms with Crippen LogP contribution >= 0.6 is 11.8 Å². The fraction of sp³-hybridized carbons (Fsp3) is 0.688. The summed E-state index contributed by atoms with van der Waals surface area (Å²) in [6.45, 7) is 2.86. The lowest BCUT2D eigenvalue weighted by molar-refractivity contribution is -0.146. The van der Waals surface area contributed by atoms with Gasteiger partial charge in [0.25, 0.3) is 0 Å². The number of carboxylic acid groups (broad SMARTS) is 1. The normalized spacial score (nSPS) is 25.3. The van der Waals surface area contributed by atoms with Crippen LogP contribution in [0, 0.1) is 5.92 Å². The van der Waals surface area contributed by atoms with E-state index >= 15 is 0 Å². The van der Waals surface area contributed by atoms with Crippen LogP contribution in [0.25, 0.3) is 0 Å². The molecule has 1 saturated carbocycles. The van der Waals surface area contributed by atoms with E-state index in [1.807, 2.05) is 23.9 Å². The Morgan fingerprint density at radius 2 is 2.48 bits per heavy atom. The number of carboxylic acids is 1. The summed E-state index contributed by atoms with van der Waals surface area (Å²) in [6, 6.07) is 3.88. The van der Waals surface area contributed by atoms with Gasteiger partial charge in [-0.2, -0.15) is 11.8 Å². The molecule has 1 aliphatic carbocycles. The van der Waals surface area contributed by atoms with Gasteiger partial charge in [0.15, 0.2) is 0 Å². The highest BCUT2D eigenvalue weighted by Gasteiger charge is 2.48. The number of hydrogen-bond donors (Lipinski definition) is 2. The van der Waals surface area contributed by atoms with Gasteiger partial charge in [-0.25, -0.2) is 0 Å². The Morgan fingerprint density at radius 3 is 3.14 bits per heavy atom. The Hall–Kier alpha value is -0.940. The van der Waals surface area contributed by atoms with Crippen LogP contribution in [0.3, 0.4) is 0 Å². The largest absolute Gasteiger partial charge is 0.480 e. The first-order valence-corrected chi connectivity index (χ1v) is 8.93. The quantitative estimate of drug-likeness (QED) is 0.683. The minimum absolute atomic E-state index is 0.241. The van der Waals surface area contributed by atoms with Crippen molar-refractivity contribution < 1.29 is 14.3 Å². The fourth-order valence-corrected chi connectivity index (χ4v) is 4.16. The number of hydrogen-bond acceptors (Lipinski definition) is 4. The molecule has 1 aromatic heterocycles. The Bertz CT molecular complexity index is 435. The molecule has 0 aliphatic heterocycles. The predicted molar refractivity (Wildman–Crippen MR) is 85.5 cm³/mol. The molecule has 0 bridgehead atoms.